The Morgan fingerprint density at radius 1 is 0.667 bits per heavy atom. The molecule has 12 nitrogen and oxygen atoms in total. The van der Waals surface area contributed by atoms with Gasteiger partial charge in [0.2, 0.25) is 24.8 Å². The van der Waals surface area contributed by atoms with Gasteiger partial charge in [0, 0.05) is 39.5 Å². The molecule has 1 heterocycles. The van der Waals surface area contributed by atoms with Crippen LogP contribution in [0.3, 0.4) is 0 Å². The van der Waals surface area contributed by atoms with Gasteiger partial charge in [0.25, 0.3) is 0 Å². The predicted molar refractivity (Wildman–Crippen MR) is 153 cm³/mol. The van der Waals surface area contributed by atoms with Gasteiger partial charge in [-0.05, 0) is 74.5 Å². The van der Waals surface area contributed by atoms with Crippen LogP contribution >= 0.6 is 0 Å². The van der Waals surface area contributed by atoms with E-state index < -0.39 is 66.2 Å². The molecule has 250 valence electrons. The first-order valence-electron chi connectivity index (χ1n) is 16.0. The molecule has 0 radical (unpaired) electrons. The first kappa shape index (κ1) is 33.3. The van der Waals surface area contributed by atoms with E-state index >= 15 is 0 Å². The number of rotatable bonds is 6. The standard InChI is InChI=1S/C33H46O12/c1-17(34)40-24-25(41-18(2)35)27(43-20(4)37)44-28(26(24)42-19(3)36)45-29(39)32(7)12-8-11-31(6)21(32)10-14-33-15-23(38)30(5,16-33)13-9-22(31)33/h21-22,24-28H,8-16H2,1-7H3/t21-,22-,24-,25-,26+,27-,28-,30-,31+,32+,33-/m0/s1. The van der Waals surface area contributed by atoms with Crippen LogP contribution in [0.15, 0.2) is 0 Å². The van der Waals surface area contributed by atoms with Crippen LogP contribution in [0, 0.1) is 33.5 Å². The summed E-state index contributed by atoms with van der Waals surface area (Å²) in [6.07, 6.45) is -0.575. The molecular weight excluding hydrogens is 588 g/mol. The van der Waals surface area contributed by atoms with Crippen LogP contribution in [0.2, 0.25) is 0 Å². The van der Waals surface area contributed by atoms with Gasteiger partial charge >= 0.3 is 29.8 Å². The maximum atomic E-state index is 14.4. The SMILES string of the molecule is CC(=O)O[C@H]1O[C@@H](OC(=O)[C@]2(C)CCC[C@@]3(C)[C@@H]4CC[C@@]5(C)C[C@]4(CC[C@@H]32)CC5=O)[C@H](OC(C)=O)[C@@H](OC(C)=O)[C@@H]1OC(C)=O. The van der Waals surface area contributed by atoms with Gasteiger partial charge in [-0.25, -0.2) is 0 Å². The second-order valence-electron chi connectivity index (χ2n) is 14.8. The lowest BCUT2D eigenvalue weighted by Crippen LogP contribution is -2.64. The normalized spacial score (nSPS) is 43.6. The molecule has 0 aromatic heterocycles. The number of ketones is 1. The van der Waals surface area contributed by atoms with Crippen molar-refractivity contribution >= 4 is 35.6 Å². The van der Waals surface area contributed by atoms with Crippen molar-refractivity contribution in [3.63, 3.8) is 0 Å². The molecule has 5 fully saturated rings. The van der Waals surface area contributed by atoms with Crippen molar-refractivity contribution in [1.82, 2.24) is 0 Å². The highest BCUT2D eigenvalue weighted by Crippen LogP contribution is 2.73. The number of ether oxygens (including phenoxy) is 6. The number of esters is 5. The number of hydrogen-bond acceptors (Lipinski definition) is 12. The maximum Gasteiger partial charge on any atom is 0.314 e. The van der Waals surface area contributed by atoms with E-state index in [0.717, 1.165) is 72.6 Å². The van der Waals surface area contributed by atoms with Crippen molar-refractivity contribution in [2.45, 2.75) is 137 Å². The van der Waals surface area contributed by atoms with Gasteiger partial charge in [0.1, 0.15) is 5.78 Å². The molecule has 4 saturated carbocycles. The number of hydrogen-bond donors (Lipinski definition) is 0. The molecule has 0 amide bonds. The van der Waals surface area contributed by atoms with E-state index in [1.165, 1.54) is 0 Å². The Kier molecular flexibility index (Phi) is 8.63. The third-order valence-electron chi connectivity index (χ3n) is 11.7. The largest absolute Gasteiger partial charge is 0.454 e. The Morgan fingerprint density at radius 3 is 1.78 bits per heavy atom. The highest BCUT2D eigenvalue weighted by Gasteiger charge is 2.68. The van der Waals surface area contributed by atoms with Crippen molar-refractivity contribution in [3.8, 4) is 0 Å². The lowest BCUT2D eigenvalue weighted by molar-refractivity contribution is -0.339. The lowest BCUT2D eigenvalue weighted by atomic mass is 9.40. The molecule has 0 unspecified atom stereocenters. The number of carbonyl (C=O) groups excluding carboxylic acids is 6. The van der Waals surface area contributed by atoms with E-state index in [4.69, 9.17) is 28.4 Å². The molecule has 0 N–H and O–H groups in total. The van der Waals surface area contributed by atoms with Crippen molar-refractivity contribution in [2.75, 3.05) is 0 Å². The number of fused-ring (bicyclic) bond motifs is 3. The molecule has 45 heavy (non-hydrogen) atoms. The van der Waals surface area contributed by atoms with Crippen molar-refractivity contribution in [3.05, 3.63) is 0 Å². The summed E-state index contributed by atoms with van der Waals surface area (Å²) in [5.41, 5.74) is -1.42. The summed E-state index contributed by atoms with van der Waals surface area (Å²) in [6.45, 7) is 10.7. The first-order valence-corrected chi connectivity index (χ1v) is 16.0. The summed E-state index contributed by atoms with van der Waals surface area (Å²) in [5, 5.41) is 0. The summed E-state index contributed by atoms with van der Waals surface area (Å²) in [5.74, 6) is -3.13. The van der Waals surface area contributed by atoms with E-state index in [-0.39, 0.29) is 22.2 Å². The van der Waals surface area contributed by atoms with Crippen molar-refractivity contribution in [1.29, 1.82) is 0 Å². The van der Waals surface area contributed by atoms with Crippen LogP contribution in [0.4, 0.5) is 0 Å². The zero-order valence-corrected chi connectivity index (χ0v) is 27.3. The fourth-order valence-electron chi connectivity index (χ4n) is 10.1. The van der Waals surface area contributed by atoms with Gasteiger partial charge in [-0.3, -0.25) is 33.5 Å². The Labute approximate surface area is 263 Å². The fourth-order valence-corrected chi connectivity index (χ4v) is 10.1. The van der Waals surface area contributed by atoms with Gasteiger partial charge in [0.05, 0.1) is 5.41 Å². The predicted octanol–water partition coefficient (Wildman–Crippen LogP) is 3.94. The van der Waals surface area contributed by atoms with E-state index in [0.29, 0.717) is 24.5 Å². The zero-order chi connectivity index (χ0) is 33.1. The molecule has 12 heteroatoms. The highest BCUT2D eigenvalue weighted by atomic mass is 16.8. The van der Waals surface area contributed by atoms with Gasteiger partial charge in [-0.15, -0.1) is 0 Å². The highest BCUT2D eigenvalue weighted by molar-refractivity contribution is 5.88. The van der Waals surface area contributed by atoms with E-state index in [9.17, 15) is 28.8 Å². The zero-order valence-electron chi connectivity index (χ0n) is 27.3. The Balaban J connectivity index is 1.45. The molecular formula is C33H46O12. The Bertz CT molecular complexity index is 1280. The Morgan fingerprint density at radius 2 is 1.20 bits per heavy atom. The minimum Gasteiger partial charge on any atom is -0.454 e. The molecule has 11 atom stereocenters. The third kappa shape index (κ3) is 5.76. The average Bonchev–Trinajstić information content (AvgIpc) is 3.09. The minimum absolute atomic E-state index is 0.0371. The van der Waals surface area contributed by atoms with Gasteiger partial charge < -0.3 is 23.7 Å². The Hall–Kier alpha value is -3.02. The number of Topliss-reactive ketones (excluding diaryl/α,β-unsaturated/α-hetero) is 1. The summed E-state index contributed by atoms with van der Waals surface area (Å²) < 4.78 is 33.4. The van der Waals surface area contributed by atoms with Crippen LogP contribution in [0.1, 0.15) is 106 Å². The molecule has 5 aliphatic rings. The van der Waals surface area contributed by atoms with Gasteiger partial charge in [-0.1, -0.05) is 20.3 Å². The molecule has 0 aromatic carbocycles. The summed E-state index contributed by atoms with van der Waals surface area (Å²) in [4.78, 5) is 75.8. The van der Waals surface area contributed by atoms with Crippen LogP contribution < -0.4 is 0 Å². The molecule has 0 aromatic rings. The molecule has 1 aliphatic heterocycles. The summed E-state index contributed by atoms with van der Waals surface area (Å²) in [7, 11) is 0. The van der Waals surface area contributed by atoms with E-state index in [1.54, 1.807) is 0 Å². The topological polar surface area (TPSA) is 158 Å². The quantitative estimate of drug-likeness (QED) is 0.307. The van der Waals surface area contributed by atoms with Crippen molar-refractivity contribution < 1.29 is 57.2 Å². The summed E-state index contributed by atoms with van der Waals surface area (Å²) in [6, 6.07) is 0. The molecule has 2 bridgehead atoms. The van der Waals surface area contributed by atoms with Crippen molar-refractivity contribution in [2.24, 2.45) is 33.5 Å². The second-order valence-corrected chi connectivity index (χ2v) is 14.8. The van der Waals surface area contributed by atoms with E-state index in [1.807, 2.05) is 6.92 Å². The van der Waals surface area contributed by atoms with Crippen LogP contribution in [0.5, 0.6) is 0 Å². The summed E-state index contributed by atoms with van der Waals surface area (Å²) >= 11 is 0. The lowest BCUT2D eigenvalue weighted by Gasteiger charge is -2.64. The smallest absolute Gasteiger partial charge is 0.314 e. The minimum atomic E-state index is -1.65. The second kappa shape index (κ2) is 11.7. The molecule has 5 rings (SSSR count). The number of carbonyl (C=O) groups is 6. The first-order chi connectivity index (χ1) is 20.9. The molecule has 4 aliphatic carbocycles. The average molecular weight is 635 g/mol. The van der Waals surface area contributed by atoms with Crippen LogP contribution in [0.25, 0.3) is 0 Å². The van der Waals surface area contributed by atoms with Crippen LogP contribution in [-0.4, -0.2) is 66.5 Å². The molecule has 1 saturated heterocycles. The maximum absolute atomic E-state index is 14.4. The van der Waals surface area contributed by atoms with Gasteiger partial charge in [0.15, 0.2) is 6.10 Å². The van der Waals surface area contributed by atoms with Crippen LogP contribution in [-0.2, 0) is 57.2 Å². The molecule has 1 spiro atoms. The van der Waals surface area contributed by atoms with Gasteiger partial charge in [-0.2, -0.15) is 0 Å². The fraction of sp³-hybridized carbons (Fsp3) is 0.818. The monoisotopic (exact) mass is 634 g/mol. The third-order valence-corrected chi connectivity index (χ3v) is 11.7. The van der Waals surface area contributed by atoms with E-state index in [2.05, 4.69) is 13.8 Å².